The highest BCUT2D eigenvalue weighted by Crippen LogP contribution is 2.33. The highest BCUT2D eigenvalue weighted by molar-refractivity contribution is 7.22. The van der Waals surface area contributed by atoms with Gasteiger partial charge in [0.15, 0.2) is 16.6 Å². The molecule has 0 spiro atoms. The lowest BCUT2D eigenvalue weighted by Gasteiger charge is -2.20. The Hall–Kier alpha value is -2.90. The number of rotatable bonds is 6. The maximum atomic E-state index is 13.1. The lowest BCUT2D eigenvalue weighted by Crippen LogP contribution is -2.35. The monoisotopic (exact) mass is 423 g/mol. The summed E-state index contributed by atoms with van der Waals surface area (Å²) in [6.45, 7) is 5.68. The zero-order valence-electron chi connectivity index (χ0n) is 17.6. The molecular formula is C23H25N3O3S. The van der Waals surface area contributed by atoms with Gasteiger partial charge in [0.05, 0.1) is 10.2 Å². The Morgan fingerprint density at radius 3 is 2.73 bits per heavy atom. The van der Waals surface area contributed by atoms with Gasteiger partial charge in [0.2, 0.25) is 6.79 Å². The minimum Gasteiger partial charge on any atom is -0.454 e. The van der Waals surface area contributed by atoms with Crippen molar-refractivity contribution in [2.75, 3.05) is 38.9 Å². The molecule has 0 bridgehead atoms. The predicted octanol–water partition coefficient (Wildman–Crippen LogP) is 4.25. The van der Waals surface area contributed by atoms with Crippen LogP contribution in [0.15, 0.2) is 36.4 Å². The summed E-state index contributed by atoms with van der Waals surface area (Å²) in [5.41, 5.74) is 4.17. The van der Waals surface area contributed by atoms with Gasteiger partial charge in [0, 0.05) is 19.2 Å². The summed E-state index contributed by atoms with van der Waals surface area (Å²) in [4.78, 5) is 21.7. The first-order valence-corrected chi connectivity index (χ1v) is 10.6. The molecule has 1 aliphatic heterocycles. The molecule has 1 aromatic heterocycles. The van der Waals surface area contributed by atoms with Crippen LogP contribution in [0.5, 0.6) is 11.5 Å². The molecule has 4 rings (SSSR count). The molecule has 0 saturated carbocycles. The number of carbonyl (C=O) groups is 1. The average molecular weight is 424 g/mol. The van der Waals surface area contributed by atoms with Crippen molar-refractivity contribution in [3.05, 3.63) is 53.1 Å². The molecule has 2 aromatic carbocycles. The quantitative estimate of drug-likeness (QED) is 0.555. The summed E-state index contributed by atoms with van der Waals surface area (Å²) in [5.74, 6) is 1.33. The largest absolute Gasteiger partial charge is 0.454 e. The zero-order chi connectivity index (χ0) is 21.3. The van der Waals surface area contributed by atoms with E-state index in [0.29, 0.717) is 12.3 Å². The van der Waals surface area contributed by atoms with E-state index in [1.165, 1.54) is 5.56 Å². The normalized spacial score (nSPS) is 13.0. The predicted molar refractivity (Wildman–Crippen MR) is 122 cm³/mol. The van der Waals surface area contributed by atoms with Crippen LogP contribution in [0.2, 0.25) is 0 Å². The van der Waals surface area contributed by atoms with Gasteiger partial charge >= 0.3 is 0 Å². The van der Waals surface area contributed by atoms with E-state index in [2.05, 4.69) is 30.9 Å². The van der Waals surface area contributed by atoms with Gasteiger partial charge in [-0.25, -0.2) is 4.98 Å². The van der Waals surface area contributed by atoms with Gasteiger partial charge in [0.25, 0.3) is 5.91 Å². The van der Waals surface area contributed by atoms with Crippen LogP contribution in [-0.2, 0) is 4.79 Å². The fraction of sp³-hybridized carbons (Fsp3) is 0.304. The van der Waals surface area contributed by atoms with Crippen molar-refractivity contribution in [2.24, 2.45) is 0 Å². The highest BCUT2D eigenvalue weighted by atomic mass is 32.1. The molecule has 1 aliphatic rings. The van der Waals surface area contributed by atoms with Gasteiger partial charge < -0.3 is 14.4 Å². The maximum Gasteiger partial charge on any atom is 0.252 e. The van der Waals surface area contributed by atoms with Crippen LogP contribution >= 0.6 is 11.3 Å². The molecule has 30 heavy (non-hydrogen) atoms. The molecule has 0 atom stereocenters. The van der Waals surface area contributed by atoms with Crippen molar-refractivity contribution in [1.29, 1.82) is 0 Å². The van der Waals surface area contributed by atoms with E-state index < -0.39 is 0 Å². The van der Waals surface area contributed by atoms with Gasteiger partial charge in [-0.3, -0.25) is 9.69 Å². The zero-order valence-corrected chi connectivity index (χ0v) is 18.5. The number of aromatic nitrogens is 1. The number of thiazole rings is 1. The number of hydrogen-bond donors (Lipinski definition) is 0. The molecule has 1 amide bonds. The lowest BCUT2D eigenvalue weighted by molar-refractivity contribution is -0.114. The van der Waals surface area contributed by atoms with E-state index in [-0.39, 0.29) is 12.7 Å². The number of aryl methyl sites for hydroxylation is 2. The lowest BCUT2D eigenvalue weighted by atomic mass is 10.1. The molecule has 0 aliphatic carbocycles. The van der Waals surface area contributed by atoms with E-state index >= 15 is 0 Å². The number of ether oxygens (including phenoxy) is 2. The average Bonchev–Trinajstić information content (AvgIpc) is 3.32. The summed E-state index contributed by atoms with van der Waals surface area (Å²) in [6.07, 6.45) is 3.40. The molecular weight excluding hydrogens is 398 g/mol. The van der Waals surface area contributed by atoms with Crippen LogP contribution in [-0.4, -0.2) is 49.8 Å². The Kier molecular flexibility index (Phi) is 5.74. The van der Waals surface area contributed by atoms with Crippen molar-refractivity contribution in [3.63, 3.8) is 0 Å². The Balaban J connectivity index is 1.61. The number of anilines is 1. The van der Waals surface area contributed by atoms with Crippen LogP contribution < -0.4 is 14.4 Å². The Morgan fingerprint density at radius 2 is 1.93 bits per heavy atom. The van der Waals surface area contributed by atoms with E-state index in [4.69, 9.17) is 14.5 Å². The molecule has 156 valence electrons. The van der Waals surface area contributed by atoms with E-state index in [9.17, 15) is 4.79 Å². The van der Waals surface area contributed by atoms with Crippen molar-refractivity contribution < 1.29 is 14.3 Å². The number of likely N-dealkylation sites (N-methyl/N-ethyl adjacent to an activating group) is 1. The van der Waals surface area contributed by atoms with Crippen LogP contribution in [0.1, 0.15) is 16.7 Å². The Morgan fingerprint density at radius 1 is 1.13 bits per heavy atom. The Bertz CT molecular complexity index is 1120. The summed E-state index contributed by atoms with van der Waals surface area (Å²) < 4.78 is 11.9. The molecule has 7 heteroatoms. The second-order valence-electron chi connectivity index (χ2n) is 7.66. The standard InChI is InChI=1S/C23H25N3O3S/c1-15-11-16(2)22-20(12-15)30-23(24-22)26(10-9-25(3)4)21(27)8-6-17-5-7-18-19(13-17)29-14-28-18/h5-8,11-13H,9-10,14H2,1-4H3. The number of hydrogen-bond acceptors (Lipinski definition) is 6. The minimum absolute atomic E-state index is 0.0945. The summed E-state index contributed by atoms with van der Waals surface area (Å²) in [7, 11) is 3.99. The number of amides is 1. The van der Waals surface area contributed by atoms with Crippen molar-refractivity contribution in [3.8, 4) is 11.5 Å². The van der Waals surface area contributed by atoms with Crippen molar-refractivity contribution >= 4 is 38.7 Å². The van der Waals surface area contributed by atoms with Crippen LogP contribution in [0.25, 0.3) is 16.3 Å². The molecule has 0 saturated heterocycles. The number of carbonyl (C=O) groups excluding carboxylic acids is 1. The van der Waals surface area contributed by atoms with Crippen LogP contribution in [0.3, 0.4) is 0 Å². The Labute approximate surface area is 180 Å². The molecule has 2 heterocycles. The fourth-order valence-corrected chi connectivity index (χ4v) is 4.52. The topological polar surface area (TPSA) is 54.9 Å². The van der Waals surface area contributed by atoms with Crippen molar-refractivity contribution in [1.82, 2.24) is 9.88 Å². The fourth-order valence-electron chi connectivity index (χ4n) is 3.35. The number of nitrogens with zero attached hydrogens (tertiary/aromatic N) is 3. The van der Waals surface area contributed by atoms with E-state index in [1.54, 1.807) is 28.4 Å². The van der Waals surface area contributed by atoms with Crippen LogP contribution in [0, 0.1) is 13.8 Å². The maximum absolute atomic E-state index is 13.1. The van der Waals surface area contributed by atoms with Crippen LogP contribution in [0.4, 0.5) is 5.13 Å². The second kappa shape index (κ2) is 8.45. The first-order chi connectivity index (χ1) is 14.4. The first-order valence-electron chi connectivity index (χ1n) is 9.82. The molecule has 3 aromatic rings. The second-order valence-corrected chi connectivity index (χ2v) is 8.67. The number of benzene rings is 2. The summed E-state index contributed by atoms with van der Waals surface area (Å²) in [5, 5.41) is 0.723. The van der Waals surface area contributed by atoms with Gasteiger partial charge in [0.1, 0.15) is 0 Å². The van der Waals surface area contributed by atoms with Gasteiger partial charge in [-0.05, 0) is 68.9 Å². The third-order valence-corrected chi connectivity index (χ3v) is 5.93. The van der Waals surface area contributed by atoms with Gasteiger partial charge in [-0.1, -0.05) is 23.5 Å². The third-order valence-electron chi connectivity index (χ3n) is 4.90. The molecule has 0 radical (unpaired) electrons. The third kappa shape index (κ3) is 4.32. The van der Waals surface area contributed by atoms with Gasteiger partial charge in [-0.15, -0.1) is 0 Å². The first kappa shape index (κ1) is 20.4. The molecule has 0 unspecified atom stereocenters. The molecule has 6 nitrogen and oxygen atoms in total. The summed E-state index contributed by atoms with van der Waals surface area (Å²) >= 11 is 1.56. The molecule has 0 N–H and O–H groups in total. The van der Waals surface area contributed by atoms with E-state index in [1.807, 2.05) is 32.3 Å². The van der Waals surface area contributed by atoms with Crippen molar-refractivity contribution in [2.45, 2.75) is 13.8 Å². The smallest absolute Gasteiger partial charge is 0.252 e. The summed E-state index contributed by atoms with van der Waals surface area (Å²) in [6, 6.07) is 9.89. The highest BCUT2D eigenvalue weighted by Gasteiger charge is 2.19. The minimum atomic E-state index is -0.0945. The molecule has 0 fully saturated rings. The van der Waals surface area contributed by atoms with E-state index in [0.717, 1.165) is 38.8 Å². The SMILES string of the molecule is Cc1cc(C)c2nc(N(CCN(C)C)C(=O)C=Cc3ccc4c(c3)OCO4)sc2c1. The van der Waals surface area contributed by atoms with Gasteiger partial charge in [-0.2, -0.15) is 0 Å². The number of fused-ring (bicyclic) bond motifs is 2.